The van der Waals surface area contributed by atoms with Crippen molar-refractivity contribution in [2.24, 2.45) is 5.92 Å². The first-order valence-electron chi connectivity index (χ1n) is 5.41. The molecule has 0 saturated carbocycles. The Bertz CT molecular complexity index is 248. The van der Waals surface area contributed by atoms with Gasteiger partial charge >= 0.3 is 5.97 Å². The molecule has 2 unspecified atom stereocenters. The van der Waals surface area contributed by atoms with Crippen LogP contribution in [0.1, 0.15) is 33.6 Å². The van der Waals surface area contributed by atoms with Gasteiger partial charge in [0.1, 0.15) is 5.60 Å². The van der Waals surface area contributed by atoms with E-state index in [1.54, 1.807) is 13.8 Å². The summed E-state index contributed by atoms with van der Waals surface area (Å²) < 4.78 is 5.13. The van der Waals surface area contributed by atoms with Crippen LogP contribution in [0.25, 0.3) is 0 Å². The lowest BCUT2D eigenvalue weighted by Gasteiger charge is -2.25. The predicted molar refractivity (Wildman–Crippen MR) is 60.1 cm³/mol. The Balaban J connectivity index is 4.11. The Labute approximate surface area is 96.2 Å². The molecule has 0 bridgehead atoms. The van der Waals surface area contributed by atoms with Crippen molar-refractivity contribution in [1.82, 2.24) is 5.32 Å². The van der Waals surface area contributed by atoms with E-state index in [9.17, 15) is 9.59 Å². The normalized spacial score (nSPS) is 16.2. The highest BCUT2D eigenvalue weighted by Gasteiger charge is 2.30. The topological polar surface area (TPSA) is 75.6 Å². The van der Waals surface area contributed by atoms with Crippen LogP contribution in [0.4, 0.5) is 0 Å². The second kappa shape index (κ2) is 6.48. The SMILES string of the molecule is CCC(C)(OC)C(=O)NCC(C)CC(=O)O. The van der Waals surface area contributed by atoms with Gasteiger partial charge in [0.15, 0.2) is 0 Å². The Morgan fingerprint density at radius 2 is 2.06 bits per heavy atom. The van der Waals surface area contributed by atoms with Crippen LogP contribution in [0.15, 0.2) is 0 Å². The maximum atomic E-state index is 11.7. The van der Waals surface area contributed by atoms with Crippen molar-refractivity contribution in [2.75, 3.05) is 13.7 Å². The molecule has 1 amide bonds. The zero-order valence-corrected chi connectivity index (χ0v) is 10.4. The van der Waals surface area contributed by atoms with E-state index in [0.717, 1.165) is 0 Å². The summed E-state index contributed by atoms with van der Waals surface area (Å²) in [4.78, 5) is 22.2. The number of carbonyl (C=O) groups excluding carboxylic acids is 1. The molecule has 0 aliphatic rings. The number of carboxylic acids is 1. The Morgan fingerprint density at radius 3 is 2.44 bits per heavy atom. The van der Waals surface area contributed by atoms with Crippen molar-refractivity contribution in [3.8, 4) is 0 Å². The van der Waals surface area contributed by atoms with Crippen LogP contribution in [-0.2, 0) is 14.3 Å². The van der Waals surface area contributed by atoms with E-state index in [1.165, 1.54) is 7.11 Å². The molecule has 2 atom stereocenters. The molecule has 0 fully saturated rings. The second-order valence-electron chi connectivity index (χ2n) is 4.20. The average molecular weight is 231 g/mol. The third-order valence-corrected chi connectivity index (χ3v) is 2.74. The summed E-state index contributed by atoms with van der Waals surface area (Å²) >= 11 is 0. The summed E-state index contributed by atoms with van der Waals surface area (Å²) in [7, 11) is 1.49. The first-order valence-corrected chi connectivity index (χ1v) is 5.41. The standard InChI is InChI=1S/C11H21NO4/c1-5-11(3,16-4)10(15)12-7-8(2)6-9(13)14/h8H,5-7H2,1-4H3,(H,12,15)(H,13,14). The summed E-state index contributed by atoms with van der Waals surface area (Å²) in [5.74, 6) is -1.14. The van der Waals surface area contributed by atoms with Gasteiger partial charge in [-0.3, -0.25) is 9.59 Å². The molecule has 0 radical (unpaired) electrons. The van der Waals surface area contributed by atoms with Gasteiger partial charge < -0.3 is 15.2 Å². The Morgan fingerprint density at radius 1 is 1.50 bits per heavy atom. The average Bonchev–Trinajstić information content (AvgIpc) is 2.23. The van der Waals surface area contributed by atoms with E-state index in [-0.39, 0.29) is 18.2 Å². The Hall–Kier alpha value is -1.10. The van der Waals surface area contributed by atoms with Crippen LogP contribution in [0.2, 0.25) is 0 Å². The summed E-state index contributed by atoms with van der Waals surface area (Å²) in [6.45, 7) is 5.71. The molecule has 16 heavy (non-hydrogen) atoms. The quantitative estimate of drug-likeness (QED) is 0.686. The van der Waals surface area contributed by atoms with Gasteiger partial charge in [-0.1, -0.05) is 13.8 Å². The van der Waals surface area contributed by atoms with Crippen LogP contribution in [0.5, 0.6) is 0 Å². The number of methoxy groups -OCH3 is 1. The highest BCUT2D eigenvalue weighted by atomic mass is 16.5. The zero-order valence-electron chi connectivity index (χ0n) is 10.4. The van der Waals surface area contributed by atoms with Gasteiger partial charge in [0.05, 0.1) is 0 Å². The third-order valence-electron chi connectivity index (χ3n) is 2.74. The summed E-state index contributed by atoms with van der Waals surface area (Å²) in [6.07, 6.45) is 0.624. The fourth-order valence-corrected chi connectivity index (χ4v) is 1.22. The van der Waals surface area contributed by atoms with E-state index < -0.39 is 11.6 Å². The van der Waals surface area contributed by atoms with E-state index in [2.05, 4.69) is 5.32 Å². The van der Waals surface area contributed by atoms with Gasteiger partial charge in [-0.2, -0.15) is 0 Å². The lowest BCUT2D eigenvalue weighted by atomic mass is 10.0. The summed E-state index contributed by atoms with van der Waals surface area (Å²) in [5, 5.41) is 11.3. The number of hydrogen-bond acceptors (Lipinski definition) is 3. The monoisotopic (exact) mass is 231 g/mol. The number of carboxylic acid groups (broad SMARTS) is 1. The van der Waals surface area contributed by atoms with E-state index in [4.69, 9.17) is 9.84 Å². The maximum Gasteiger partial charge on any atom is 0.303 e. The number of hydrogen-bond donors (Lipinski definition) is 2. The Kier molecular flexibility index (Phi) is 6.03. The first kappa shape index (κ1) is 14.9. The fraction of sp³-hybridized carbons (Fsp3) is 0.818. The molecule has 0 heterocycles. The molecule has 94 valence electrons. The van der Waals surface area contributed by atoms with Gasteiger partial charge in [-0.25, -0.2) is 0 Å². The number of ether oxygens (including phenoxy) is 1. The molecule has 0 aliphatic heterocycles. The first-order chi connectivity index (χ1) is 7.35. The predicted octanol–water partition coefficient (Wildman–Crippen LogP) is 1.03. The van der Waals surface area contributed by atoms with Crippen LogP contribution >= 0.6 is 0 Å². The van der Waals surface area contributed by atoms with E-state index in [0.29, 0.717) is 13.0 Å². The third kappa shape index (κ3) is 4.61. The molecule has 5 nitrogen and oxygen atoms in total. The van der Waals surface area contributed by atoms with Crippen molar-refractivity contribution >= 4 is 11.9 Å². The molecule has 0 saturated heterocycles. The molecule has 5 heteroatoms. The molecular formula is C11H21NO4. The van der Waals surface area contributed by atoms with Gasteiger partial charge in [0, 0.05) is 20.1 Å². The smallest absolute Gasteiger partial charge is 0.303 e. The van der Waals surface area contributed by atoms with Gasteiger partial charge in [0.25, 0.3) is 5.91 Å². The van der Waals surface area contributed by atoms with Crippen LogP contribution < -0.4 is 5.32 Å². The van der Waals surface area contributed by atoms with Crippen LogP contribution in [0, 0.1) is 5.92 Å². The molecular weight excluding hydrogens is 210 g/mol. The molecule has 0 aromatic heterocycles. The van der Waals surface area contributed by atoms with Crippen LogP contribution in [-0.4, -0.2) is 36.2 Å². The molecule has 0 aliphatic carbocycles. The maximum absolute atomic E-state index is 11.7. The van der Waals surface area contributed by atoms with E-state index >= 15 is 0 Å². The van der Waals surface area contributed by atoms with Crippen LogP contribution in [0.3, 0.4) is 0 Å². The van der Waals surface area contributed by atoms with Crippen molar-refractivity contribution in [3.05, 3.63) is 0 Å². The highest BCUT2D eigenvalue weighted by molar-refractivity contribution is 5.84. The lowest BCUT2D eigenvalue weighted by molar-refractivity contribution is -0.143. The molecule has 0 spiro atoms. The summed E-state index contributed by atoms with van der Waals surface area (Å²) in [5.41, 5.74) is -0.830. The molecule has 0 aromatic carbocycles. The number of nitrogens with one attached hydrogen (secondary N) is 1. The molecule has 2 N–H and O–H groups in total. The minimum Gasteiger partial charge on any atom is -0.481 e. The lowest BCUT2D eigenvalue weighted by Crippen LogP contribution is -2.46. The van der Waals surface area contributed by atoms with E-state index in [1.807, 2.05) is 6.92 Å². The molecule has 0 aromatic rings. The largest absolute Gasteiger partial charge is 0.481 e. The van der Waals surface area contributed by atoms with Crippen molar-refractivity contribution < 1.29 is 19.4 Å². The number of carbonyl (C=O) groups is 2. The second-order valence-corrected chi connectivity index (χ2v) is 4.20. The van der Waals surface area contributed by atoms with Crippen molar-refractivity contribution in [1.29, 1.82) is 0 Å². The fourth-order valence-electron chi connectivity index (χ4n) is 1.22. The molecule has 0 rings (SSSR count). The summed E-state index contributed by atoms with van der Waals surface area (Å²) in [6, 6.07) is 0. The number of amides is 1. The highest BCUT2D eigenvalue weighted by Crippen LogP contribution is 2.14. The zero-order chi connectivity index (χ0) is 12.8. The number of rotatable bonds is 7. The number of aliphatic carboxylic acids is 1. The van der Waals surface area contributed by atoms with Crippen molar-refractivity contribution in [3.63, 3.8) is 0 Å². The minimum atomic E-state index is -0.855. The van der Waals surface area contributed by atoms with Gasteiger partial charge in [-0.05, 0) is 19.3 Å². The van der Waals surface area contributed by atoms with Crippen molar-refractivity contribution in [2.45, 2.75) is 39.2 Å². The minimum absolute atomic E-state index is 0.0517. The van der Waals surface area contributed by atoms with Gasteiger partial charge in [-0.15, -0.1) is 0 Å². The van der Waals surface area contributed by atoms with Gasteiger partial charge in [0.2, 0.25) is 0 Å².